The second-order valence-corrected chi connectivity index (χ2v) is 7.31. The summed E-state index contributed by atoms with van der Waals surface area (Å²) in [5.41, 5.74) is 0. The van der Waals surface area contributed by atoms with E-state index in [1.807, 2.05) is 27.7 Å². The number of hydrogen-bond donors (Lipinski definition) is 2. The smallest absolute Gasteiger partial charge is 0.377 e. The van der Waals surface area contributed by atoms with Crippen molar-refractivity contribution < 1.29 is 43.2 Å². The molecule has 0 rings (SSSR count). The van der Waals surface area contributed by atoms with Gasteiger partial charge in [0.15, 0.2) is 6.10 Å². The maximum Gasteiger partial charge on any atom is 0.377 e. The van der Waals surface area contributed by atoms with E-state index in [1.165, 1.54) is 0 Å². The number of likely N-dealkylation sites (N-methyl/N-ethyl adjacent to an activating group) is 1. The van der Waals surface area contributed by atoms with Crippen LogP contribution in [-0.4, -0.2) is 56.3 Å². The highest BCUT2D eigenvalue weighted by Crippen LogP contribution is 2.47. The Labute approximate surface area is 203 Å². The molecule has 0 saturated heterocycles. The molecule has 0 aromatic heterocycles. The van der Waals surface area contributed by atoms with Crippen LogP contribution in [0.1, 0.15) is 53.4 Å². The first-order valence-electron chi connectivity index (χ1n) is 11.0. The summed E-state index contributed by atoms with van der Waals surface area (Å²) < 4.78 is 19.8. The van der Waals surface area contributed by atoms with Crippen LogP contribution in [0.2, 0.25) is 0 Å². The van der Waals surface area contributed by atoms with Crippen molar-refractivity contribution in [3.05, 3.63) is 0 Å². The fourth-order valence-corrected chi connectivity index (χ4v) is 2.43. The third-order valence-electron chi connectivity index (χ3n) is 3.11. The first-order chi connectivity index (χ1) is 16.3. The average Bonchev–Trinajstić information content (AvgIpc) is 2.82. The predicted octanol–water partition coefficient (Wildman–Crippen LogP) is 0.338. The molecule has 10 heteroatoms. The third-order valence-corrected chi connectivity index (χ3v) is 4.09. The molecule has 0 saturated carbocycles. The van der Waals surface area contributed by atoms with E-state index in [-0.39, 0.29) is 19.4 Å². The molecule has 0 radical (unpaired) electrons. The molecule has 3 N–H and O–H groups in total. The lowest BCUT2D eigenvalue weighted by atomic mass is 10.3. The number of rotatable bonds is 12. The number of phosphoric ester groups is 1. The Morgan fingerprint density at radius 3 is 1.97 bits per heavy atom. The predicted molar refractivity (Wildman–Crippen MR) is 127 cm³/mol. The summed E-state index contributed by atoms with van der Waals surface area (Å²) in [5.74, 6) is 19.3. The van der Waals surface area contributed by atoms with Gasteiger partial charge in [-0.3, -0.25) is 9.59 Å². The number of phosphoric acid groups is 1. The quantitative estimate of drug-likeness (QED) is 0.171. The van der Waals surface area contributed by atoms with Gasteiger partial charge in [0.2, 0.25) is 0 Å². The molecule has 2 atom stereocenters. The van der Waals surface area contributed by atoms with E-state index in [1.54, 1.807) is 12.4 Å². The molecule has 9 nitrogen and oxygen atoms in total. The third kappa shape index (κ3) is 22.6. The minimum absolute atomic E-state index is 0.0162. The van der Waals surface area contributed by atoms with Gasteiger partial charge in [-0.2, -0.15) is 13.9 Å². The second kappa shape index (κ2) is 23.6. The van der Waals surface area contributed by atoms with Crippen LogP contribution in [-0.2, 0) is 28.1 Å². The summed E-state index contributed by atoms with van der Waals surface area (Å²) in [6, 6.07) is 0. The number of esters is 2. The number of quaternary nitrogens is 1. The van der Waals surface area contributed by atoms with Crippen molar-refractivity contribution in [1.29, 1.82) is 0 Å². The standard InChI is InChI=1S/C22H28NO8P.C2H6/c1-4-6-8-10-12-14-21(24)28-18-20(19-30-32(26,27)29-17-16-23-3)31-22(25)15-13-11-9-7-5-2;1-2/h20,23H,4-5,14-19H2,1-3H3,(H,26,27);1-2H3/p+1. The molecular weight excluding hydrogens is 461 g/mol. The number of nitrogens with two attached hydrogens (primary N) is 1. The van der Waals surface area contributed by atoms with E-state index in [9.17, 15) is 19.4 Å². The number of carbonyl (C=O) groups is 2. The molecule has 0 aliphatic carbocycles. The average molecular weight is 497 g/mol. The maximum absolute atomic E-state index is 12.0. The Balaban J connectivity index is 0. The number of ether oxygens (including phenoxy) is 2. The Hall–Kier alpha value is -2.59. The van der Waals surface area contributed by atoms with Crippen LogP contribution in [0.15, 0.2) is 0 Å². The number of hydrogen-bond acceptors (Lipinski definition) is 8. The summed E-state index contributed by atoms with van der Waals surface area (Å²) in [6.45, 7) is 7.24. The molecule has 0 aromatic carbocycles. The molecule has 2 unspecified atom stereocenters. The van der Waals surface area contributed by atoms with Gasteiger partial charge >= 0.3 is 20.1 Å². The monoisotopic (exact) mass is 496 g/mol. The maximum atomic E-state index is 12.0. The van der Waals surface area contributed by atoms with Crippen LogP contribution < -0.4 is 10.2 Å². The molecule has 188 valence electrons. The largest absolute Gasteiger partial charge is 0.606 e. The highest BCUT2D eigenvalue weighted by atomic mass is 31.2. The highest BCUT2D eigenvalue weighted by molar-refractivity contribution is 7.52. The fourth-order valence-electron chi connectivity index (χ4n) is 1.67. The Kier molecular flexibility index (Phi) is 23.3. The van der Waals surface area contributed by atoms with Gasteiger partial charge in [0.1, 0.15) is 39.2 Å². The first-order valence-corrected chi connectivity index (χ1v) is 12.5. The van der Waals surface area contributed by atoms with Crippen LogP contribution in [0.25, 0.3) is 0 Å². The topological polar surface area (TPSA) is 131 Å². The number of carbonyl (C=O) groups excluding carboxylic acids is 2. The summed E-state index contributed by atoms with van der Waals surface area (Å²) in [5, 5.41) is 1.76. The van der Waals surface area contributed by atoms with Crippen molar-refractivity contribution >= 4 is 20.1 Å². The fraction of sp³-hybridized carbons (Fsp3) is 0.583. The SMILES string of the molecule is CC.CCC#CC#CCC(=O)OCC(CO[P+]([O-])(O)OCC[NH2+]C)OC(=O)CC#CC#CCC. The molecule has 0 heterocycles. The van der Waals surface area contributed by atoms with Gasteiger partial charge in [-0.25, -0.2) is 0 Å². The van der Waals surface area contributed by atoms with Crippen molar-refractivity contribution in [2.75, 3.05) is 33.4 Å². The molecule has 0 fully saturated rings. The van der Waals surface area contributed by atoms with E-state index in [2.05, 4.69) is 47.4 Å². The van der Waals surface area contributed by atoms with Crippen LogP contribution in [0.3, 0.4) is 0 Å². The van der Waals surface area contributed by atoms with Gasteiger partial charge in [0.25, 0.3) is 0 Å². The van der Waals surface area contributed by atoms with Gasteiger partial charge in [-0.15, -0.1) is 0 Å². The molecule has 0 spiro atoms. The molecular formula is C24H35NO8P+. The van der Waals surface area contributed by atoms with E-state index in [4.69, 9.17) is 18.5 Å². The normalized spacial score (nSPS) is 11.5. The lowest BCUT2D eigenvalue weighted by Gasteiger charge is -2.22. The summed E-state index contributed by atoms with van der Waals surface area (Å²) in [7, 11) is -2.59. The van der Waals surface area contributed by atoms with Gasteiger partial charge in [-0.1, -0.05) is 51.4 Å². The Morgan fingerprint density at radius 2 is 1.44 bits per heavy atom. The molecule has 0 aliphatic heterocycles. The first kappa shape index (κ1) is 33.6. The Morgan fingerprint density at radius 1 is 0.912 bits per heavy atom. The van der Waals surface area contributed by atoms with E-state index in [0.717, 1.165) is 0 Å². The minimum Gasteiger partial charge on any atom is -0.606 e. The van der Waals surface area contributed by atoms with Crippen LogP contribution in [0.5, 0.6) is 0 Å². The van der Waals surface area contributed by atoms with E-state index in [0.29, 0.717) is 19.4 Å². The van der Waals surface area contributed by atoms with Gasteiger partial charge < -0.3 is 19.7 Å². The van der Waals surface area contributed by atoms with Crippen molar-refractivity contribution in [3.8, 4) is 47.4 Å². The van der Waals surface area contributed by atoms with Crippen LogP contribution in [0, 0.1) is 47.4 Å². The van der Waals surface area contributed by atoms with E-state index < -0.39 is 39.4 Å². The van der Waals surface area contributed by atoms with Crippen LogP contribution >= 0.6 is 8.17 Å². The zero-order chi connectivity index (χ0) is 26.1. The molecule has 0 bridgehead atoms. The van der Waals surface area contributed by atoms with Crippen molar-refractivity contribution in [1.82, 2.24) is 0 Å². The molecule has 0 aromatic rings. The van der Waals surface area contributed by atoms with Gasteiger partial charge in [0, 0.05) is 12.8 Å². The zero-order valence-electron chi connectivity index (χ0n) is 20.6. The van der Waals surface area contributed by atoms with Crippen molar-refractivity contribution in [3.63, 3.8) is 0 Å². The van der Waals surface area contributed by atoms with Gasteiger partial charge in [0.05, 0.1) is 7.05 Å². The minimum atomic E-state index is -4.36. The lowest BCUT2D eigenvalue weighted by molar-refractivity contribution is -0.628. The highest BCUT2D eigenvalue weighted by Gasteiger charge is 2.30. The molecule has 0 aliphatic rings. The lowest BCUT2D eigenvalue weighted by Crippen LogP contribution is -2.80. The second-order valence-electron chi connectivity index (χ2n) is 5.86. The summed E-state index contributed by atoms with van der Waals surface area (Å²) in [4.78, 5) is 45.3. The zero-order valence-corrected chi connectivity index (χ0v) is 21.5. The van der Waals surface area contributed by atoms with Crippen molar-refractivity contribution in [2.24, 2.45) is 0 Å². The van der Waals surface area contributed by atoms with Crippen LogP contribution in [0.4, 0.5) is 0 Å². The van der Waals surface area contributed by atoms with Gasteiger partial charge in [-0.05, 0) is 23.7 Å². The summed E-state index contributed by atoms with van der Waals surface area (Å²) in [6.07, 6.45) is -0.332. The van der Waals surface area contributed by atoms with Crippen molar-refractivity contribution in [2.45, 2.75) is 59.5 Å². The van der Waals surface area contributed by atoms with E-state index >= 15 is 0 Å². The molecule has 34 heavy (non-hydrogen) atoms. The summed E-state index contributed by atoms with van der Waals surface area (Å²) >= 11 is 0. The Bertz CT molecular complexity index is 828. The molecule has 0 amide bonds.